The number of carbonyl (C=O) groups excluding carboxylic acids is 1. The van der Waals surface area contributed by atoms with Crippen LogP contribution in [0.3, 0.4) is 0 Å². The Morgan fingerprint density at radius 3 is 2.50 bits per heavy atom. The molecule has 2 nitrogen and oxygen atoms in total. The van der Waals surface area contributed by atoms with Crippen LogP contribution in [0.4, 0.5) is 0 Å². The summed E-state index contributed by atoms with van der Waals surface area (Å²) in [5.41, 5.74) is 6.31. The number of benzene rings is 2. The Balaban J connectivity index is 1.89. The van der Waals surface area contributed by atoms with Gasteiger partial charge >= 0.3 is 0 Å². The molecule has 0 saturated heterocycles. The maximum Gasteiger partial charge on any atom is 0.230 e. The molecule has 0 heterocycles. The molecular formula is C21H27NOS. The number of carbonyl (C=O) groups is 1. The van der Waals surface area contributed by atoms with Gasteiger partial charge in [-0.15, -0.1) is 11.8 Å². The average Bonchev–Trinajstić information content (AvgIpc) is 2.55. The molecule has 0 fully saturated rings. The third-order valence-electron chi connectivity index (χ3n) is 4.30. The van der Waals surface area contributed by atoms with Crippen molar-refractivity contribution >= 4 is 17.7 Å². The Morgan fingerprint density at radius 2 is 1.83 bits per heavy atom. The maximum absolute atomic E-state index is 12.3. The second kappa shape index (κ2) is 8.93. The minimum absolute atomic E-state index is 0.0946. The molecule has 0 aliphatic heterocycles. The molecule has 128 valence electrons. The zero-order valence-corrected chi connectivity index (χ0v) is 15.9. The molecule has 1 atom stereocenters. The summed E-state index contributed by atoms with van der Waals surface area (Å²) in [6, 6.07) is 14.9. The largest absolute Gasteiger partial charge is 0.349 e. The monoisotopic (exact) mass is 341 g/mol. The van der Waals surface area contributed by atoms with Crippen molar-refractivity contribution in [1.82, 2.24) is 5.32 Å². The van der Waals surface area contributed by atoms with Crippen LogP contribution < -0.4 is 5.32 Å². The molecule has 0 aromatic heterocycles. The van der Waals surface area contributed by atoms with Gasteiger partial charge in [0.05, 0.1) is 11.8 Å². The molecule has 0 unspecified atom stereocenters. The minimum atomic E-state index is 0.0946. The number of hydrogen-bond donors (Lipinski definition) is 1. The second-order valence-corrected chi connectivity index (χ2v) is 7.29. The molecule has 1 amide bonds. The summed E-state index contributed by atoms with van der Waals surface area (Å²) in [6.07, 6.45) is 0.901. The van der Waals surface area contributed by atoms with E-state index >= 15 is 0 Å². The van der Waals surface area contributed by atoms with Crippen molar-refractivity contribution in [2.75, 3.05) is 5.75 Å². The van der Waals surface area contributed by atoms with Crippen molar-refractivity contribution in [3.63, 3.8) is 0 Å². The van der Waals surface area contributed by atoms with Crippen molar-refractivity contribution in [3.05, 3.63) is 70.3 Å². The quantitative estimate of drug-likeness (QED) is 0.758. The van der Waals surface area contributed by atoms with E-state index in [4.69, 9.17) is 0 Å². The molecule has 0 aliphatic carbocycles. The molecule has 0 spiro atoms. The van der Waals surface area contributed by atoms with Crippen LogP contribution in [-0.4, -0.2) is 11.7 Å². The number of hydrogen-bond acceptors (Lipinski definition) is 2. The van der Waals surface area contributed by atoms with Crippen LogP contribution in [0.5, 0.6) is 0 Å². The van der Waals surface area contributed by atoms with Gasteiger partial charge in [-0.25, -0.2) is 0 Å². The lowest BCUT2D eigenvalue weighted by Crippen LogP contribution is -2.30. The van der Waals surface area contributed by atoms with Crippen LogP contribution in [0.25, 0.3) is 0 Å². The molecule has 0 aliphatic rings. The molecule has 2 aromatic carbocycles. The lowest BCUT2D eigenvalue weighted by atomic mass is 9.97. The standard InChI is InChI=1S/C21H27NOS/c1-5-20(19-11-10-15(2)12-17(19)4)22-21(23)14-24-13-18-9-7-6-8-16(18)3/h6-12,20H,5,13-14H2,1-4H3,(H,22,23)/t20-/m1/s1. The summed E-state index contributed by atoms with van der Waals surface area (Å²) in [5, 5.41) is 3.18. The smallest absolute Gasteiger partial charge is 0.230 e. The lowest BCUT2D eigenvalue weighted by molar-refractivity contribution is -0.119. The third kappa shape index (κ3) is 5.13. The van der Waals surface area contributed by atoms with Gasteiger partial charge in [-0.05, 0) is 49.4 Å². The third-order valence-corrected chi connectivity index (χ3v) is 5.28. The summed E-state index contributed by atoms with van der Waals surface area (Å²) in [4.78, 5) is 12.3. The fourth-order valence-corrected chi connectivity index (χ4v) is 3.79. The van der Waals surface area contributed by atoms with E-state index in [1.807, 2.05) is 6.07 Å². The topological polar surface area (TPSA) is 29.1 Å². The first-order valence-electron chi connectivity index (χ1n) is 8.50. The second-order valence-electron chi connectivity index (χ2n) is 6.31. The molecular weight excluding hydrogens is 314 g/mol. The Labute approximate surface area is 150 Å². The van der Waals surface area contributed by atoms with E-state index in [-0.39, 0.29) is 11.9 Å². The van der Waals surface area contributed by atoms with Gasteiger partial charge < -0.3 is 5.32 Å². The predicted octanol–water partition coefficient (Wildman–Crippen LogP) is 5.11. The lowest BCUT2D eigenvalue weighted by Gasteiger charge is -2.20. The van der Waals surface area contributed by atoms with Crippen LogP contribution in [0.15, 0.2) is 42.5 Å². The molecule has 2 rings (SSSR count). The Bertz CT molecular complexity index is 696. The van der Waals surface area contributed by atoms with Gasteiger partial charge in [-0.3, -0.25) is 4.79 Å². The van der Waals surface area contributed by atoms with Crippen molar-refractivity contribution < 1.29 is 4.79 Å². The molecule has 0 saturated carbocycles. The van der Waals surface area contributed by atoms with Crippen molar-refractivity contribution in [2.24, 2.45) is 0 Å². The van der Waals surface area contributed by atoms with Gasteiger partial charge in [0.25, 0.3) is 0 Å². The maximum atomic E-state index is 12.3. The summed E-state index contributed by atoms with van der Waals surface area (Å²) in [5.74, 6) is 1.48. The van der Waals surface area contributed by atoms with Crippen LogP contribution in [0, 0.1) is 20.8 Å². The SMILES string of the molecule is CC[C@@H](NC(=O)CSCc1ccccc1C)c1ccc(C)cc1C. The number of rotatable bonds is 7. The Hall–Kier alpha value is -1.74. The summed E-state index contributed by atoms with van der Waals surface area (Å²) >= 11 is 1.67. The molecule has 3 heteroatoms. The first-order chi connectivity index (χ1) is 11.5. The highest BCUT2D eigenvalue weighted by Gasteiger charge is 2.14. The number of thioether (sulfide) groups is 1. The molecule has 0 radical (unpaired) electrons. The van der Waals surface area contributed by atoms with E-state index < -0.39 is 0 Å². The first kappa shape index (κ1) is 18.6. The van der Waals surface area contributed by atoms with Gasteiger partial charge in [-0.2, -0.15) is 0 Å². The minimum Gasteiger partial charge on any atom is -0.349 e. The summed E-state index contributed by atoms with van der Waals surface area (Å²) in [7, 11) is 0. The number of amides is 1. The number of aryl methyl sites for hydroxylation is 3. The highest BCUT2D eigenvalue weighted by Crippen LogP contribution is 2.22. The molecule has 0 bridgehead atoms. The van der Waals surface area contributed by atoms with Crippen LogP contribution in [-0.2, 0) is 10.5 Å². The van der Waals surface area contributed by atoms with Crippen LogP contribution >= 0.6 is 11.8 Å². The van der Waals surface area contributed by atoms with Gasteiger partial charge in [0.2, 0.25) is 5.91 Å². The summed E-state index contributed by atoms with van der Waals surface area (Å²) < 4.78 is 0. The predicted molar refractivity (Wildman–Crippen MR) is 104 cm³/mol. The van der Waals surface area contributed by atoms with Crippen molar-refractivity contribution in [1.29, 1.82) is 0 Å². The molecule has 1 N–H and O–H groups in total. The normalized spacial score (nSPS) is 12.0. The van der Waals surface area contributed by atoms with E-state index in [1.54, 1.807) is 11.8 Å². The average molecular weight is 342 g/mol. The Morgan fingerprint density at radius 1 is 1.08 bits per heavy atom. The fraction of sp³-hybridized carbons (Fsp3) is 0.381. The van der Waals surface area contributed by atoms with Crippen molar-refractivity contribution in [3.8, 4) is 0 Å². The Kier molecular flexibility index (Phi) is 6.92. The van der Waals surface area contributed by atoms with E-state index in [2.05, 4.69) is 69.4 Å². The van der Waals surface area contributed by atoms with E-state index in [1.165, 1.54) is 27.8 Å². The zero-order chi connectivity index (χ0) is 17.5. The molecule has 2 aromatic rings. The van der Waals surface area contributed by atoms with Gasteiger partial charge in [0, 0.05) is 5.75 Å². The summed E-state index contributed by atoms with van der Waals surface area (Å²) in [6.45, 7) is 8.44. The molecule has 24 heavy (non-hydrogen) atoms. The highest BCUT2D eigenvalue weighted by atomic mass is 32.2. The highest BCUT2D eigenvalue weighted by molar-refractivity contribution is 7.99. The van der Waals surface area contributed by atoms with Gasteiger partial charge in [0.15, 0.2) is 0 Å². The van der Waals surface area contributed by atoms with E-state index in [9.17, 15) is 4.79 Å². The number of nitrogens with one attached hydrogen (secondary N) is 1. The van der Waals surface area contributed by atoms with E-state index in [0.29, 0.717) is 5.75 Å². The first-order valence-corrected chi connectivity index (χ1v) is 9.65. The fourth-order valence-electron chi connectivity index (χ4n) is 2.88. The van der Waals surface area contributed by atoms with Gasteiger partial charge in [0.1, 0.15) is 0 Å². The zero-order valence-electron chi connectivity index (χ0n) is 15.1. The van der Waals surface area contributed by atoms with Crippen LogP contribution in [0.1, 0.15) is 47.2 Å². The van der Waals surface area contributed by atoms with Crippen molar-refractivity contribution in [2.45, 2.75) is 45.9 Å². The van der Waals surface area contributed by atoms with Gasteiger partial charge in [-0.1, -0.05) is 55.0 Å². The van der Waals surface area contributed by atoms with E-state index in [0.717, 1.165) is 12.2 Å². The van der Waals surface area contributed by atoms with Crippen LogP contribution in [0.2, 0.25) is 0 Å².